The largest absolute Gasteiger partial charge is 0.493 e. The summed E-state index contributed by atoms with van der Waals surface area (Å²) in [6, 6.07) is 17.0. The molecule has 3 aromatic carbocycles. The van der Waals surface area contributed by atoms with E-state index in [0.29, 0.717) is 41.6 Å². The topological polar surface area (TPSA) is 103 Å². The number of carbonyl (C=O) groups is 3. The number of amides is 4. The predicted octanol–water partition coefficient (Wildman–Crippen LogP) is 4.40. The Labute approximate surface area is 218 Å². The van der Waals surface area contributed by atoms with Gasteiger partial charge in [-0.1, -0.05) is 36.4 Å². The van der Waals surface area contributed by atoms with Crippen LogP contribution in [0.15, 0.2) is 78.9 Å². The minimum Gasteiger partial charge on any atom is -0.493 e. The first kappa shape index (κ1) is 24.6. The number of anilines is 1. The Balaban J connectivity index is 1.48. The monoisotopic (exact) mass is 512 g/mol. The number of fused-ring (bicyclic) bond motifs is 1. The zero-order valence-corrected chi connectivity index (χ0v) is 20.6. The third-order valence-corrected chi connectivity index (χ3v) is 5.99. The van der Waals surface area contributed by atoms with Gasteiger partial charge in [0.25, 0.3) is 11.8 Å². The molecule has 1 N–H and O–H groups in total. The Morgan fingerprint density at radius 2 is 1.82 bits per heavy atom. The van der Waals surface area contributed by atoms with Crippen molar-refractivity contribution in [2.75, 3.05) is 18.8 Å². The van der Waals surface area contributed by atoms with E-state index >= 15 is 0 Å². The van der Waals surface area contributed by atoms with Crippen LogP contribution in [0.1, 0.15) is 16.7 Å². The van der Waals surface area contributed by atoms with E-state index < -0.39 is 17.8 Å². The average Bonchev–Trinajstić information content (AvgIpc) is 3.39. The van der Waals surface area contributed by atoms with Crippen molar-refractivity contribution in [1.82, 2.24) is 5.32 Å². The Kier molecular flexibility index (Phi) is 6.82. The molecule has 0 spiro atoms. The lowest BCUT2D eigenvalue weighted by atomic mass is 10.0. The van der Waals surface area contributed by atoms with Gasteiger partial charge in [-0.05, 0) is 47.9 Å². The molecule has 2 aliphatic heterocycles. The minimum atomic E-state index is -0.856. The number of barbiturate groups is 1. The molecule has 2 heterocycles. The van der Waals surface area contributed by atoms with Crippen molar-refractivity contribution in [2.24, 2.45) is 0 Å². The van der Waals surface area contributed by atoms with Gasteiger partial charge in [0.1, 0.15) is 12.2 Å². The Morgan fingerprint density at radius 3 is 2.58 bits per heavy atom. The smallest absolute Gasteiger partial charge is 0.335 e. The van der Waals surface area contributed by atoms with Crippen molar-refractivity contribution in [3.05, 3.63) is 95.6 Å². The molecule has 0 bridgehead atoms. The summed E-state index contributed by atoms with van der Waals surface area (Å²) in [4.78, 5) is 39.6. The summed E-state index contributed by atoms with van der Waals surface area (Å²) in [5.74, 6) is 0.295. The lowest BCUT2D eigenvalue weighted by Crippen LogP contribution is -2.54. The third kappa shape index (κ3) is 4.81. The molecular weight excluding hydrogens is 488 g/mol. The first-order valence-electron chi connectivity index (χ1n) is 11.8. The van der Waals surface area contributed by atoms with E-state index in [0.717, 1.165) is 16.0 Å². The van der Waals surface area contributed by atoms with Crippen LogP contribution in [0.4, 0.5) is 10.5 Å². The number of hydrogen-bond acceptors (Lipinski definition) is 7. The molecule has 38 heavy (non-hydrogen) atoms. The van der Waals surface area contributed by atoms with Crippen LogP contribution in [0.25, 0.3) is 6.08 Å². The van der Waals surface area contributed by atoms with Crippen LogP contribution in [-0.2, 0) is 22.6 Å². The second-order valence-electron chi connectivity index (χ2n) is 8.47. The summed E-state index contributed by atoms with van der Waals surface area (Å²) in [5.41, 5.74) is 2.29. The van der Waals surface area contributed by atoms with Gasteiger partial charge >= 0.3 is 6.03 Å². The number of ether oxygens (including phenoxy) is 4. The van der Waals surface area contributed by atoms with Gasteiger partial charge in [-0.3, -0.25) is 14.9 Å². The second-order valence-corrected chi connectivity index (χ2v) is 8.47. The SMILES string of the molecule is C=CCc1cc(/C=C2\C(=O)NC(=O)N(c3ccc4c(c3)OCO4)C2=O)cc(OC)c1OCc1ccccc1. The van der Waals surface area contributed by atoms with Crippen molar-refractivity contribution in [3.63, 3.8) is 0 Å². The Hall–Kier alpha value is -5.05. The normalized spacial score (nSPS) is 15.4. The van der Waals surface area contributed by atoms with E-state index in [9.17, 15) is 14.4 Å². The van der Waals surface area contributed by atoms with Gasteiger partial charge < -0.3 is 18.9 Å². The summed E-state index contributed by atoms with van der Waals surface area (Å²) >= 11 is 0. The molecule has 0 radical (unpaired) electrons. The first-order valence-corrected chi connectivity index (χ1v) is 11.8. The summed E-state index contributed by atoms with van der Waals surface area (Å²) in [6.07, 6.45) is 3.60. The third-order valence-electron chi connectivity index (χ3n) is 5.99. The average molecular weight is 513 g/mol. The van der Waals surface area contributed by atoms with Crippen LogP contribution in [0, 0.1) is 0 Å². The number of imide groups is 2. The van der Waals surface area contributed by atoms with Gasteiger partial charge in [0, 0.05) is 11.6 Å². The highest BCUT2D eigenvalue weighted by Gasteiger charge is 2.37. The highest BCUT2D eigenvalue weighted by atomic mass is 16.7. The summed E-state index contributed by atoms with van der Waals surface area (Å²) < 4.78 is 22.3. The number of nitrogens with zero attached hydrogens (tertiary/aromatic N) is 1. The van der Waals surface area contributed by atoms with E-state index in [4.69, 9.17) is 18.9 Å². The van der Waals surface area contributed by atoms with Gasteiger partial charge in [0.15, 0.2) is 23.0 Å². The van der Waals surface area contributed by atoms with Crippen molar-refractivity contribution in [3.8, 4) is 23.0 Å². The number of benzene rings is 3. The molecule has 4 amide bonds. The fourth-order valence-electron chi connectivity index (χ4n) is 4.20. The zero-order chi connectivity index (χ0) is 26.6. The predicted molar refractivity (Wildman–Crippen MR) is 139 cm³/mol. The lowest BCUT2D eigenvalue weighted by Gasteiger charge is -2.26. The van der Waals surface area contributed by atoms with E-state index in [2.05, 4.69) is 11.9 Å². The lowest BCUT2D eigenvalue weighted by molar-refractivity contribution is -0.122. The number of methoxy groups -OCH3 is 1. The van der Waals surface area contributed by atoms with Crippen molar-refractivity contribution in [2.45, 2.75) is 13.0 Å². The van der Waals surface area contributed by atoms with Gasteiger partial charge in [-0.15, -0.1) is 6.58 Å². The number of nitrogens with one attached hydrogen (secondary N) is 1. The molecule has 9 nitrogen and oxygen atoms in total. The molecule has 5 rings (SSSR count). The summed E-state index contributed by atoms with van der Waals surface area (Å²) in [6.45, 7) is 4.20. The fourth-order valence-corrected chi connectivity index (χ4v) is 4.20. The van der Waals surface area contributed by atoms with E-state index in [1.165, 1.54) is 19.3 Å². The maximum atomic E-state index is 13.4. The van der Waals surface area contributed by atoms with Crippen LogP contribution in [-0.4, -0.2) is 31.7 Å². The highest BCUT2D eigenvalue weighted by molar-refractivity contribution is 6.39. The van der Waals surface area contributed by atoms with Crippen LogP contribution < -0.4 is 29.2 Å². The molecule has 1 saturated heterocycles. The minimum absolute atomic E-state index is 0.0441. The molecule has 0 unspecified atom stereocenters. The Bertz CT molecular complexity index is 1460. The number of carbonyl (C=O) groups excluding carboxylic acids is 3. The molecule has 3 aromatic rings. The number of allylic oxidation sites excluding steroid dienone is 1. The van der Waals surface area contributed by atoms with E-state index in [-0.39, 0.29) is 18.1 Å². The zero-order valence-electron chi connectivity index (χ0n) is 20.6. The van der Waals surface area contributed by atoms with Crippen LogP contribution in [0.3, 0.4) is 0 Å². The van der Waals surface area contributed by atoms with Crippen molar-refractivity contribution < 1.29 is 33.3 Å². The molecule has 0 saturated carbocycles. The second kappa shape index (κ2) is 10.5. The number of hydrogen-bond donors (Lipinski definition) is 1. The summed E-state index contributed by atoms with van der Waals surface area (Å²) in [7, 11) is 1.51. The molecule has 2 aliphatic rings. The first-order chi connectivity index (χ1) is 18.5. The summed E-state index contributed by atoms with van der Waals surface area (Å²) in [5, 5.41) is 2.23. The molecule has 9 heteroatoms. The molecule has 1 fully saturated rings. The number of urea groups is 1. The molecule has 0 aromatic heterocycles. The van der Waals surface area contributed by atoms with Gasteiger partial charge in [0.2, 0.25) is 6.79 Å². The van der Waals surface area contributed by atoms with Crippen LogP contribution in [0.5, 0.6) is 23.0 Å². The van der Waals surface area contributed by atoms with Gasteiger partial charge in [-0.2, -0.15) is 0 Å². The number of rotatable bonds is 8. The quantitative estimate of drug-likeness (QED) is 0.271. The fraction of sp³-hybridized carbons (Fsp3) is 0.138. The van der Waals surface area contributed by atoms with E-state index in [1.807, 2.05) is 30.3 Å². The van der Waals surface area contributed by atoms with Gasteiger partial charge in [0.05, 0.1) is 12.8 Å². The maximum absolute atomic E-state index is 13.4. The molecular formula is C29H24N2O7. The molecule has 0 atom stereocenters. The van der Waals surface area contributed by atoms with E-state index in [1.54, 1.807) is 30.3 Å². The standard InChI is InChI=1S/C29H24N2O7/c1-3-7-20-12-19(14-25(35-2)26(20)36-16-18-8-5-4-6-9-18)13-22-27(32)30-29(34)31(28(22)33)21-10-11-23-24(15-21)38-17-37-23/h3-6,8-15H,1,7,16-17H2,2H3,(H,30,32,34)/b22-13+. The van der Waals surface area contributed by atoms with Crippen LogP contribution in [0.2, 0.25) is 0 Å². The van der Waals surface area contributed by atoms with Gasteiger partial charge in [-0.25, -0.2) is 9.69 Å². The molecule has 0 aliphatic carbocycles. The molecule has 192 valence electrons. The van der Waals surface area contributed by atoms with Crippen molar-refractivity contribution in [1.29, 1.82) is 0 Å². The maximum Gasteiger partial charge on any atom is 0.335 e. The van der Waals surface area contributed by atoms with Crippen molar-refractivity contribution >= 4 is 29.6 Å². The van der Waals surface area contributed by atoms with Crippen LogP contribution >= 0.6 is 0 Å². The highest BCUT2D eigenvalue weighted by Crippen LogP contribution is 2.37. The Morgan fingerprint density at radius 1 is 1.03 bits per heavy atom.